The zero-order valence-corrected chi connectivity index (χ0v) is 13.3. The highest BCUT2D eigenvalue weighted by molar-refractivity contribution is 5.40. The maximum atomic E-state index is 12.2. The van der Waals surface area contributed by atoms with E-state index in [1.54, 1.807) is 18.5 Å². The van der Waals surface area contributed by atoms with Crippen molar-refractivity contribution in [3.8, 4) is 0 Å². The van der Waals surface area contributed by atoms with Gasteiger partial charge >= 0.3 is 0 Å². The third-order valence-electron chi connectivity index (χ3n) is 3.66. The van der Waals surface area contributed by atoms with Gasteiger partial charge in [0.2, 0.25) is 0 Å². The van der Waals surface area contributed by atoms with E-state index in [0.717, 1.165) is 18.1 Å². The minimum Gasteiger partial charge on any atom is -0.376 e. The number of nitrogens with zero attached hydrogens (tertiary/aromatic N) is 5. The van der Waals surface area contributed by atoms with Crippen LogP contribution in [0.3, 0.4) is 0 Å². The molecule has 3 rings (SSSR count). The normalized spacial score (nSPS) is 10.7. The van der Waals surface area contributed by atoms with Crippen LogP contribution >= 0.6 is 0 Å². The molecule has 6 heteroatoms. The quantitative estimate of drug-likeness (QED) is 0.718. The van der Waals surface area contributed by atoms with Crippen molar-refractivity contribution in [2.24, 2.45) is 0 Å². The predicted octanol–water partition coefficient (Wildman–Crippen LogP) is 1.60. The average molecular weight is 309 g/mol. The summed E-state index contributed by atoms with van der Waals surface area (Å²) in [6.45, 7) is 1.08. The Morgan fingerprint density at radius 2 is 1.91 bits per heavy atom. The van der Waals surface area contributed by atoms with E-state index >= 15 is 0 Å². The second kappa shape index (κ2) is 6.48. The van der Waals surface area contributed by atoms with E-state index in [-0.39, 0.29) is 5.56 Å². The fourth-order valence-electron chi connectivity index (χ4n) is 2.34. The van der Waals surface area contributed by atoms with Crippen LogP contribution in [0.5, 0.6) is 0 Å². The van der Waals surface area contributed by atoms with Gasteiger partial charge in [-0.15, -0.1) is 0 Å². The molecular weight excluding hydrogens is 290 g/mol. The molecule has 3 aromatic rings. The summed E-state index contributed by atoms with van der Waals surface area (Å²) in [5.74, 6) is 0.807. The molecule has 0 aliphatic rings. The van der Waals surface area contributed by atoms with Crippen LogP contribution in [0.2, 0.25) is 0 Å². The highest BCUT2D eigenvalue weighted by Gasteiger charge is 2.08. The van der Waals surface area contributed by atoms with Crippen LogP contribution in [-0.2, 0) is 13.1 Å². The van der Waals surface area contributed by atoms with Crippen molar-refractivity contribution < 1.29 is 0 Å². The van der Waals surface area contributed by atoms with Crippen LogP contribution in [0, 0.1) is 0 Å². The molecule has 0 saturated carbocycles. The van der Waals surface area contributed by atoms with Crippen molar-refractivity contribution in [3.63, 3.8) is 0 Å². The summed E-state index contributed by atoms with van der Waals surface area (Å²) in [6.07, 6.45) is 5.35. The molecule has 0 unspecified atom stereocenters. The standard InChI is InChI=1S/C17H19N5O/c1-20(2)15-10-17(23)22(19-11-15)13-16-18-8-9-21(16)12-14-6-4-3-5-7-14/h3-11H,12-13H2,1-2H3. The molecule has 2 heterocycles. The molecular formula is C17H19N5O. The van der Waals surface area contributed by atoms with Crippen molar-refractivity contribution in [2.75, 3.05) is 19.0 Å². The van der Waals surface area contributed by atoms with Gasteiger partial charge in [0.25, 0.3) is 5.56 Å². The summed E-state index contributed by atoms with van der Waals surface area (Å²) >= 11 is 0. The Kier molecular flexibility index (Phi) is 4.23. The Hall–Kier alpha value is -2.89. The molecule has 0 aliphatic heterocycles. The molecule has 0 radical (unpaired) electrons. The molecule has 6 nitrogen and oxygen atoms in total. The van der Waals surface area contributed by atoms with Gasteiger partial charge in [0, 0.05) is 39.1 Å². The van der Waals surface area contributed by atoms with Gasteiger partial charge in [-0.1, -0.05) is 30.3 Å². The summed E-state index contributed by atoms with van der Waals surface area (Å²) in [5, 5.41) is 4.23. The summed E-state index contributed by atoms with van der Waals surface area (Å²) < 4.78 is 3.46. The number of imidazole rings is 1. The van der Waals surface area contributed by atoms with Crippen LogP contribution in [0.25, 0.3) is 0 Å². The smallest absolute Gasteiger partial charge is 0.269 e. The lowest BCUT2D eigenvalue weighted by molar-refractivity contribution is 0.585. The molecule has 118 valence electrons. The Balaban J connectivity index is 1.82. The van der Waals surface area contributed by atoms with Crippen LogP contribution in [0.4, 0.5) is 5.69 Å². The molecule has 23 heavy (non-hydrogen) atoms. The number of anilines is 1. The zero-order valence-electron chi connectivity index (χ0n) is 13.3. The first-order valence-electron chi connectivity index (χ1n) is 7.42. The number of aromatic nitrogens is 4. The molecule has 0 bridgehead atoms. The summed E-state index contributed by atoms with van der Waals surface area (Å²) in [5.41, 5.74) is 1.85. The SMILES string of the molecule is CN(C)c1cnn(Cc2nccn2Cc2ccccc2)c(=O)c1. The second-order valence-electron chi connectivity index (χ2n) is 5.56. The Morgan fingerprint density at radius 3 is 2.61 bits per heavy atom. The van der Waals surface area contributed by atoms with Crippen molar-refractivity contribution in [1.29, 1.82) is 0 Å². The van der Waals surface area contributed by atoms with Crippen molar-refractivity contribution in [1.82, 2.24) is 19.3 Å². The molecule has 0 amide bonds. The van der Waals surface area contributed by atoms with Crippen molar-refractivity contribution in [2.45, 2.75) is 13.1 Å². The molecule has 0 N–H and O–H groups in total. The lowest BCUT2D eigenvalue weighted by atomic mass is 10.2. The van der Waals surface area contributed by atoms with E-state index in [1.807, 2.05) is 48.0 Å². The molecule has 0 spiro atoms. The topological polar surface area (TPSA) is 56.0 Å². The summed E-state index contributed by atoms with van der Waals surface area (Å²) in [7, 11) is 3.76. The van der Waals surface area contributed by atoms with Crippen molar-refractivity contribution >= 4 is 5.69 Å². The fourth-order valence-corrected chi connectivity index (χ4v) is 2.34. The lowest BCUT2D eigenvalue weighted by Crippen LogP contribution is -2.26. The van der Waals surface area contributed by atoms with E-state index in [2.05, 4.69) is 22.2 Å². The van der Waals surface area contributed by atoms with Crippen LogP contribution < -0.4 is 10.5 Å². The van der Waals surface area contributed by atoms with E-state index < -0.39 is 0 Å². The summed E-state index contributed by atoms with van der Waals surface area (Å²) in [6, 6.07) is 11.7. The number of hydrogen-bond acceptors (Lipinski definition) is 4. The minimum atomic E-state index is -0.134. The lowest BCUT2D eigenvalue weighted by Gasteiger charge is -2.13. The van der Waals surface area contributed by atoms with E-state index in [0.29, 0.717) is 6.54 Å². The maximum Gasteiger partial charge on any atom is 0.269 e. The van der Waals surface area contributed by atoms with Crippen LogP contribution in [0.1, 0.15) is 11.4 Å². The first-order valence-corrected chi connectivity index (χ1v) is 7.42. The van der Waals surface area contributed by atoms with Gasteiger partial charge in [-0.05, 0) is 5.56 Å². The largest absolute Gasteiger partial charge is 0.376 e. The third-order valence-corrected chi connectivity index (χ3v) is 3.66. The van der Waals surface area contributed by atoms with Crippen LogP contribution in [-0.4, -0.2) is 33.4 Å². The van der Waals surface area contributed by atoms with Gasteiger partial charge in [0.1, 0.15) is 12.4 Å². The molecule has 0 atom stereocenters. The van der Waals surface area contributed by atoms with Gasteiger partial charge in [0.05, 0.1) is 11.9 Å². The highest BCUT2D eigenvalue weighted by Crippen LogP contribution is 2.07. The second-order valence-corrected chi connectivity index (χ2v) is 5.56. The number of benzene rings is 1. The van der Waals surface area contributed by atoms with Gasteiger partial charge < -0.3 is 9.47 Å². The number of hydrogen-bond donors (Lipinski definition) is 0. The van der Waals surface area contributed by atoms with E-state index in [4.69, 9.17) is 0 Å². The number of rotatable bonds is 5. The average Bonchev–Trinajstić information content (AvgIpc) is 2.97. The summed E-state index contributed by atoms with van der Waals surface area (Å²) in [4.78, 5) is 18.4. The van der Waals surface area contributed by atoms with Gasteiger partial charge in [0.15, 0.2) is 0 Å². The maximum absolute atomic E-state index is 12.2. The van der Waals surface area contributed by atoms with Crippen molar-refractivity contribution in [3.05, 3.63) is 76.7 Å². The molecule has 0 saturated heterocycles. The van der Waals surface area contributed by atoms with E-state index in [1.165, 1.54) is 10.2 Å². The molecule has 1 aromatic carbocycles. The highest BCUT2D eigenvalue weighted by atomic mass is 16.1. The van der Waals surface area contributed by atoms with Gasteiger partial charge in [-0.3, -0.25) is 4.79 Å². The van der Waals surface area contributed by atoms with Gasteiger partial charge in [-0.25, -0.2) is 9.67 Å². The minimum absolute atomic E-state index is 0.134. The first kappa shape index (κ1) is 15.0. The Bertz CT molecular complexity index is 835. The molecule has 0 fully saturated rings. The van der Waals surface area contributed by atoms with E-state index in [9.17, 15) is 4.79 Å². The third kappa shape index (κ3) is 3.48. The Labute approximate surface area is 134 Å². The van der Waals surface area contributed by atoms with Gasteiger partial charge in [-0.2, -0.15) is 5.10 Å². The molecule has 2 aromatic heterocycles. The predicted molar refractivity (Wildman–Crippen MR) is 89.7 cm³/mol. The monoisotopic (exact) mass is 309 g/mol. The zero-order chi connectivity index (χ0) is 16.2. The van der Waals surface area contributed by atoms with Crippen LogP contribution in [0.15, 0.2) is 59.8 Å². The Morgan fingerprint density at radius 1 is 1.13 bits per heavy atom. The first-order chi connectivity index (χ1) is 11.1. The molecule has 0 aliphatic carbocycles. The fraction of sp³-hybridized carbons (Fsp3) is 0.235.